The highest BCUT2D eigenvalue weighted by Crippen LogP contribution is 2.08. The Bertz CT molecular complexity index is 165. The van der Waals surface area contributed by atoms with Crippen LogP contribution in [-0.2, 0) is 9.47 Å². The van der Waals surface area contributed by atoms with Gasteiger partial charge in [0, 0.05) is 13.2 Å². The zero-order chi connectivity index (χ0) is 16.1. The van der Waals surface area contributed by atoms with Gasteiger partial charge in [-0.15, -0.1) is 0 Å². The third-order valence-corrected chi connectivity index (χ3v) is 2.57. The highest BCUT2D eigenvalue weighted by Gasteiger charge is 2.08. The van der Waals surface area contributed by atoms with Crippen molar-refractivity contribution in [2.75, 3.05) is 13.2 Å². The van der Waals surface area contributed by atoms with Crippen molar-refractivity contribution in [3.8, 4) is 0 Å². The van der Waals surface area contributed by atoms with E-state index < -0.39 is 0 Å². The van der Waals surface area contributed by atoms with Crippen LogP contribution in [0.4, 0.5) is 0 Å². The second-order valence-electron chi connectivity index (χ2n) is 7.34. The molecule has 0 aliphatic heterocycles. The second-order valence-corrected chi connectivity index (χ2v) is 7.34. The van der Waals surface area contributed by atoms with Crippen LogP contribution in [0.15, 0.2) is 0 Å². The lowest BCUT2D eigenvalue weighted by atomic mass is 10.2. The van der Waals surface area contributed by atoms with Crippen LogP contribution >= 0.6 is 0 Å². The van der Waals surface area contributed by atoms with E-state index in [4.69, 9.17) is 9.47 Å². The summed E-state index contributed by atoms with van der Waals surface area (Å²) in [6.45, 7) is 18.8. The van der Waals surface area contributed by atoms with Gasteiger partial charge in [0.15, 0.2) is 0 Å². The topological polar surface area (TPSA) is 18.5 Å². The lowest BCUT2D eigenvalue weighted by molar-refractivity contribution is -0.00497. The minimum absolute atomic E-state index is 0.0493. The van der Waals surface area contributed by atoms with Crippen LogP contribution in [0.25, 0.3) is 0 Å². The van der Waals surface area contributed by atoms with Gasteiger partial charge >= 0.3 is 0 Å². The van der Waals surface area contributed by atoms with E-state index in [1.54, 1.807) is 0 Å². The molecular formula is C18H40O2. The molecule has 2 heteroatoms. The van der Waals surface area contributed by atoms with Gasteiger partial charge in [0.25, 0.3) is 0 Å². The molecule has 0 fully saturated rings. The SMILES string of the molecule is CCCCCOC(C)(C)C.CCCCCOC(C)(C)C. The molecule has 0 aromatic rings. The predicted octanol–water partition coefficient (Wildman–Crippen LogP) is 5.98. The fourth-order valence-electron chi connectivity index (χ4n) is 1.46. The van der Waals surface area contributed by atoms with Crippen molar-refractivity contribution in [2.24, 2.45) is 0 Å². The van der Waals surface area contributed by atoms with Crippen LogP contribution in [0.5, 0.6) is 0 Å². The quantitative estimate of drug-likeness (QED) is 0.511. The summed E-state index contributed by atoms with van der Waals surface area (Å²) in [4.78, 5) is 0. The van der Waals surface area contributed by atoms with Crippen LogP contribution in [0, 0.1) is 0 Å². The van der Waals surface area contributed by atoms with Crippen molar-refractivity contribution >= 4 is 0 Å². The molecule has 0 aromatic carbocycles. The Labute approximate surface area is 128 Å². The molecule has 0 saturated heterocycles. The molecule has 0 bridgehead atoms. The van der Waals surface area contributed by atoms with Crippen LogP contribution in [0.2, 0.25) is 0 Å². The largest absolute Gasteiger partial charge is 0.376 e. The van der Waals surface area contributed by atoms with Crippen LogP contribution < -0.4 is 0 Å². The molecule has 0 heterocycles. The minimum atomic E-state index is 0.0493. The third-order valence-electron chi connectivity index (χ3n) is 2.57. The average Bonchev–Trinajstić information content (AvgIpc) is 2.29. The van der Waals surface area contributed by atoms with E-state index in [1.807, 2.05) is 0 Å². The molecule has 0 N–H and O–H groups in total. The van der Waals surface area contributed by atoms with E-state index in [2.05, 4.69) is 55.4 Å². The first-order valence-electron chi connectivity index (χ1n) is 8.40. The Morgan fingerprint density at radius 2 is 0.850 bits per heavy atom. The number of unbranched alkanes of at least 4 members (excludes halogenated alkanes) is 4. The molecule has 0 unspecified atom stereocenters. The van der Waals surface area contributed by atoms with Crippen LogP contribution in [-0.4, -0.2) is 24.4 Å². The van der Waals surface area contributed by atoms with Gasteiger partial charge < -0.3 is 9.47 Å². The first-order chi connectivity index (χ1) is 9.12. The maximum atomic E-state index is 5.53. The van der Waals surface area contributed by atoms with E-state index in [9.17, 15) is 0 Å². The van der Waals surface area contributed by atoms with Gasteiger partial charge in [-0.2, -0.15) is 0 Å². The van der Waals surface area contributed by atoms with E-state index >= 15 is 0 Å². The van der Waals surface area contributed by atoms with Gasteiger partial charge in [-0.05, 0) is 54.4 Å². The van der Waals surface area contributed by atoms with Crippen molar-refractivity contribution < 1.29 is 9.47 Å². The van der Waals surface area contributed by atoms with Gasteiger partial charge in [-0.25, -0.2) is 0 Å². The van der Waals surface area contributed by atoms with Crippen LogP contribution in [0.1, 0.15) is 93.9 Å². The average molecular weight is 289 g/mol. The maximum absolute atomic E-state index is 5.53. The van der Waals surface area contributed by atoms with E-state index in [-0.39, 0.29) is 11.2 Å². The molecule has 0 radical (unpaired) electrons. The molecule has 0 saturated carbocycles. The Kier molecular flexibility index (Phi) is 14.0. The predicted molar refractivity (Wildman–Crippen MR) is 90.5 cm³/mol. The number of rotatable bonds is 8. The highest BCUT2D eigenvalue weighted by atomic mass is 16.5. The molecule has 0 atom stereocenters. The lowest BCUT2D eigenvalue weighted by Gasteiger charge is -2.19. The van der Waals surface area contributed by atoms with Gasteiger partial charge in [0.2, 0.25) is 0 Å². The molecule has 0 aliphatic rings. The summed E-state index contributed by atoms with van der Waals surface area (Å²) in [6, 6.07) is 0. The van der Waals surface area contributed by atoms with E-state index in [0.717, 1.165) is 13.2 Å². The monoisotopic (exact) mass is 288 g/mol. The van der Waals surface area contributed by atoms with Crippen molar-refractivity contribution in [1.82, 2.24) is 0 Å². The summed E-state index contributed by atoms with van der Waals surface area (Å²) in [5.74, 6) is 0. The van der Waals surface area contributed by atoms with E-state index in [0.29, 0.717) is 0 Å². The summed E-state index contributed by atoms with van der Waals surface area (Å²) >= 11 is 0. The Morgan fingerprint density at radius 1 is 0.550 bits per heavy atom. The first kappa shape index (κ1) is 22.2. The summed E-state index contributed by atoms with van der Waals surface area (Å²) in [6.07, 6.45) is 7.52. The third kappa shape index (κ3) is 26.5. The van der Waals surface area contributed by atoms with Crippen LogP contribution in [0.3, 0.4) is 0 Å². The maximum Gasteiger partial charge on any atom is 0.0598 e. The molecule has 0 spiro atoms. The van der Waals surface area contributed by atoms with Crippen molar-refractivity contribution in [3.05, 3.63) is 0 Å². The molecule has 0 amide bonds. The van der Waals surface area contributed by atoms with Gasteiger partial charge in [-0.3, -0.25) is 0 Å². The zero-order valence-electron chi connectivity index (χ0n) is 15.5. The van der Waals surface area contributed by atoms with Crippen molar-refractivity contribution in [1.29, 1.82) is 0 Å². The molecule has 124 valence electrons. The highest BCUT2D eigenvalue weighted by molar-refractivity contribution is 4.58. The van der Waals surface area contributed by atoms with Crippen molar-refractivity contribution in [2.45, 2.75) is 105 Å². The molecule has 20 heavy (non-hydrogen) atoms. The number of hydrogen-bond acceptors (Lipinski definition) is 2. The Hall–Kier alpha value is -0.0800. The Morgan fingerprint density at radius 3 is 1.05 bits per heavy atom. The summed E-state index contributed by atoms with van der Waals surface area (Å²) in [7, 11) is 0. The standard InChI is InChI=1S/2C9H20O/c2*1-5-6-7-8-10-9(2,3)4/h2*5-8H2,1-4H3. The fourth-order valence-corrected chi connectivity index (χ4v) is 1.46. The minimum Gasteiger partial charge on any atom is -0.376 e. The smallest absolute Gasteiger partial charge is 0.0598 e. The molecule has 2 nitrogen and oxygen atoms in total. The number of hydrogen-bond donors (Lipinski definition) is 0. The Balaban J connectivity index is 0. The lowest BCUT2D eigenvalue weighted by Crippen LogP contribution is -2.19. The van der Waals surface area contributed by atoms with E-state index in [1.165, 1.54) is 38.5 Å². The molecule has 0 aromatic heterocycles. The van der Waals surface area contributed by atoms with Gasteiger partial charge in [0.1, 0.15) is 0 Å². The zero-order valence-corrected chi connectivity index (χ0v) is 15.5. The van der Waals surface area contributed by atoms with Gasteiger partial charge in [0.05, 0.1) is 11.2 Å². The molecular weight excluding hydrogens is 248 g/mol. The summed E-state index contributed by atoms with van der Waals surface area (Å²) < 4.78 is 11.1. The summed E-state index contributed by atoms with van der Waals surface area (Å²) in [5, 5.41) is 0. The number of ether oxygens (including phenoxy) is 2. The molecule has 0 rings (SSSR count). The van der Waals surface area contributed by atoms with Gasteiger partial charge in [-0.1, -0.05) is 39.5 Å². The summed E-state index contributed by atoms with van der Waals surface area (Å²) in [5.41, 5.74) is 0.0987. The van der Waals surface area contributed by atoms with Crippen molar-refractivity contribution in [3.63, 3.8) is 0 Å². The second kappa shape index (κ2) is 12.6. The fraction of sp³-hybridized carbons (Fsp3) is 1.00. The molecule has 0 aliphatic carbocycles. The normalized spacial score (nSPS) is 12.0. The first-order valence-corrected chi connectivity index (χ1v) is 8.40.